The lowest BCUT2D eigenvalue weighted by Crippen LogP contribution is -2.07. The number of carbonyl (C=O) groups excluding carboxylic acids is 1. The van der Waals surface area contributed by atoms with Crippen molar-refractivity contribution in [2.24, 2.45) is 0 Å². The van der Waals surface area contributed by atoms with E-state index in [-0.39, 0.29) is 6.07 Å². The SMILES string of the molecule is CCCCCCSc1ccc(C=CC(=O)c2c(F)c(F)cc(F)c2F)cc1. The molecule has 0 saturated carbocycles. The number of hydrogen-bond donors (Lipinski definition) is 0. The minimum absolute atomic E-state index is 0.0732. The molecule has 0 aromatic heterocycles. The van der Waals surface area contributed by atoms with E-state index in [1.165, 1.54) is 25.3 Å². The van der Waals surface area contributed by atoms with Crippen molar-refractivity contribution in [3.8, 4) is 0 Å². The molecule has 27 heavy (non-hydrogen) atoms. The second-order valence-electron chi connectivity index (χ2n) is 6.02. The van der Waals surface area contributed by atoms with Gasteiger partial charge in [0.15, 0.2) is 29.1 Å². The number of unbranched alkanes of at least 4 members (excludes halogenated alkanes) is 3. The molecule has 0 amide bonds. The molecule has 0 atom stereocenters. The van der Waals surface area contributed by atoms with E-state index in [1.807, 2.05) is 12.1 Å². The van der Waals surface area contributed by atoms with Crippen LogP contribution in [-0.4, -0.2) is 11.5 Å². The summed E-state index contributed by atoms with van der Waals surface area (Å²) in [6.45, 7) is 2.16. The zero-order valence-corrected chi connectivity index (χ0v) is 15.7. The zero-order valence-electron chi connectivity index (χ0n) is 14.9. The van der Waals surface area contributed by atoms with E-state index in [0.717, 1.165) is 23.1 Å². The fourth-order valence-corrected chi connectivity index (χ4v) is 3.35. The van der Waals surface area contributed by atoms with Gasteiger partial charge < -0.3 is 0 Å². The van der Waals surface area contributed by atoms with Gasteiger partial charge in [-0.15, -0.1) is 11.8 Å². The highest BCUT2D eigenvalue weighted by atomic mass is 32.2. The van der Waals surface area contributed by atoms with Crippen molar-refractivity contribution in [3.05, 3.63) is 70.8 Å². The second-order valence-corrected chi connectivity index (χ2v) is 7.19. The van der Waals surface area contributed by atoms with Gasteiger partial charge in [0, 0.05) is 11.0 Å². The van der Waals surface area contributed by atoms with Gasteiger partial charge in [-0.1, -0.05) is 44.4 Å². The Labute approximate surface area is 160 Å². The molecule has 0 fully saturated rings. The molecule has 2 aromatic carbocycles. The smallest absolute Gasteiger partial charge is 0.191 e. The van der Waals surface area contributed by atoms with Gasteiger partial charge >= 0.3 is 0 Å². The van der Waals surface area contributed by atoms with Gasteiger partial charge in [-0.25, -0.2) is 17.6 Å². The van der Waals surface area contributed by atoms with Crippen molar-refractivity contribution in [2.45, 2.75) is 37.5 Å². The van der Waals surface area contributed by atoms with Gasteiger partial charge in [-0.3, -0.25) is 4.79 Å². The standard InChI is InChI=1S/C21H20F4OS/c1-2-3-4-5-12-27-15-9-6-14(7-10-15)8-11-18(26)19-20(24)16(22)13-17(23)21(19)25/h6-11,13H,2-5,12H2,1H3. The third kappa shape index (κ3) is 5.96. The van der Waals surface area contributed by atoms with Crippen molar-refractivity contribution in [1.82, 2.24) is 0 Å². The van der Waals surface area contributed by atoms with Crippen LogP contribution in [0.15, 0.2) is 41.3 Å². The predicted octanol–water partition coefficient (Wildman–Crippen LogP) is 6.81. The number of ketones is 1. The normalized spacial score (nSPS) is 11.3. The van der Waals surface area contributed by atoms with Crippen LogP contribution in [0.3, 0.4) is 0 Å². The molecule has 0 aliphatic carbocycles. The van der Waals surface area contributed by atoms with Crippen LogP contribution in [-0.2, 0) is 0 Å². The average molecular weight is 396 g/mol. The Morgan fingerprint density at radius 3 is 2.19 bits per heavy atom. The summed E-state index contributed by atoms with van der Waals surface area (Å²) in [4.78, 5) is 13.0. The van der Waals surface area contributed by atoms with Crippen molar-refractivity contribution in [3.63, 3.8) is 0 Å². The Morgan fingerprint density at radius 1 is 0.963 bits per heavy atom. The molecule has 0 unspecified atom stereocenters. The molecule has 0 saturated heterocycles. The molecule has 1 nitrogen and oxygen atoms in total. The third-order valence-corrected chi connectivity index (χ3v) is 5.03. The lowest BCUT2D eigenvalue weighted by Gasteiger charge is -2.04. The van der Waals surface area contributed by atoms with Crippen LogP contribution in [0.25, 0.3) is 6.08 Å². The van der Waals surface area contributed by atoms with Gasteiger partial charge in [0.2, 0.25) is 0 Å². The van der Waals surface area contributed by atoms with Crippen molar-refractivity contribution in [1.29, 1.82) is 0 Å². The van der Waals surface area contributed by atoms with Gasteiger partial charge in [0.1, 0.15) is 0 Å². The van der Waals surface area contributed by atoms with Crippen LogP contribution in [0.5, 0.6) is 0 Å². The molecule has 2 aromatic rings. The first-order chi connectivity index (χ1) is 12.9. The highest BCUT2D eigenvalue weighted by molar-refractivity contribution is 7.99. The Bertz CT molecular complexity index is 790. The summed E-state index contributed by atoms with van der Waals surface area (Å²) in [5.74, 6) is -6.72. The number of thioether (sulfide) groups is 1. The maximum atomic E-state index is 13.6. The first-order valence-corrected chi connectivity index (χ1v) is 9.70. The molecule has 2 rings (SSSR count). The average Bonchev–Trinajstić information content (AvgIpc) is 2.66. The van der Waals surface area contributed by atoms with Crippen LogP contribution in [0.1, 0.15) is 48.5 Å². The zero-order chi connectivity index (χ0) is 19.8. The molecule has 144 valence electrons. The molecule has 0 heterocycles. The summed E-state index contributed by atoms with van der Waals surface area (Å²) in [5, 5.41) is 0. The monoisotopic (exact) mass is 396 g/mol. The first-order valence-electron chi connectivity index (χ1n) is 8.72. The van der Waals surface area contributed by atoms with Gasteiger partial charge in [-0.05, 0) is 35.9 Å². The number of carbonyl (C=O) groups is 1. The molecular formula is C21H20F4OS. The number of benzene rings is 2. The summed E-state index contributed by atoms with van der Waals surface area (Å²) in [5.41, 5.74) is -0.598. The maximum absolute atomic E-state index is 13.6. The number of hydrogen-bond acceptors (Lipinski definition) is 2. The largest absolute Gasteiger partial charge is 0.289 e. The summed E-state index contributed by atoms with van der Waals surface area (Å²) < 4.78 is 53.7. The summed E-state index contributed by atoms with van der Waals surface area (Å²) in [6, 6.07) is 7.37. The Balaban J connectivity index is 2.01. The number of allylic oxidation sites excluding steroid dienone is 1. The lowest BCUT2D eigenvalue weighted by atomic mass is 10.1. The van der Waals surface area contributed by atoms with E-state index in [2.05, 4.69) is 6.92 Å². The van der Waals surface area contributed by atoms with Crippen LogP contribution >= 0.6 is 11.8 Å². The number of rotatable bonds is 9. The summed E-state index contributed by atoms with van der Waals surface area (Å²) in [7, 11) is 0. The summed E-state index contributed by atoms with van der Waals surface area (Å²) >= 11 is 1.73. The second kappa shape index (κ2) is 10.3. The van der Waals surface area contributed by atoms with E-state index in [1.54, 1.807) is 23.9 Å². The topological polar surface area (TPSA) is 17.1 Å². The van der Waals surface area contributed by atoms with Gasteiger partial charge in [0.05, 0.1) is 5.56 Å². The molecule has 0 N–H and O–H groups in total. The van der Waals surface area contributed by atoms with Crippen LogP contribution in [0.4, 0.5) is 17.6 Å². The third-order valence-electron chi connectivity index (χ3n) is 3.93. The van der Waals surface area contributed by atoms with Crippen molar-refractivity contribution < 1.29 is 22.4 Å². The highest BCUT2D eigenvalue weighted by Gasteiger charge is 2.23. The Morgan fingerprint density at radius 2 is 1.59 bits per heavy atom. The van der Waals surface area contributed by atoms with E-state index in [0.29, 0.717) is 5.56 Å². The van der Waals surface area contributed by atoms with Crippen LogP contribution in [0, 0.1) is 23.3 Å². The van der Waals surface area contributed by atoms with Crippen molar-refractivity contribution in [2.75, 3.05) is 5.75 Å². The molecular weight excluding hydrogens is 376 g/mol. The minimum Gasteiger partial charge on any atom is -0.289 e. The van der Waals surface area contributed by atoms with Crippen LogP contribution < -0.4 is 0 Å². The minimum atomic E-state index is -1.70. The van der Waals surface area contributed by atoms with Crippen LogP contribution in [0.2, 0.25) is 0 Å². The fraction of sp³-hybridized carbons (Fsp3) is 0.286. The van der Waals surface area contributed by atoms with E-state index >= 15 is 0 Å². The molecule has 0 aliphatic rings. The van der Waals surface area contributed by atoms with E-state index in [4.69, 9.17) is 0 Å². The van der Waals surface area contributed by atoms with E-state index in [9.17, 15) is 22.4 Å². The Hall–Kier alpha value is -2.08. The first kappa shape index (κ1) is 21.2. The quantitative estimate of drug-likeness (QED) is 0.116. The number of halogens is 4. The Kier molecular flexibility index (Phi) is 8.10. The predicted molar refractivity (Wildman–Crippen MR) is 101 cm³/mol. The lowest BCUT2D eigenvalue weighted by molar-refractivity contribution is 0.103. The fourth-order valence-electron chi connectivity index (χ4n) is 2.44. The molecule has 0 bridgehead atoms. The van der Waals surface area contributed by atoms with E-state index < -0.39 is 34.6 Å². The highest BCUT2D eigenvalue weighted by Crippen LogP contribution is 2.22. The van der Waals surface area contributed by atoms with Gasteiger partial charge in [-0.2, -0.15) is 0 Å². The summed E-state index contributed by atoms with van der Waals surface area (Å²) in [6.07, 6.45) is 7.03. The molecule has 0 aliphatic heterocycles. The van der Waals surface area contributed by atoms with Gasteiger partial charge in [0.25, 0.3) is 0 Å². The molecule has 0 radical (unpaired) electrons. The molecule has 0 spiro atoms. The molecule has 6 heteroatoms. The maximum Gasteiger partial charge on any atom is 0.191 e. The van der Waals surface area contributed by atoms with Crippen molar-refractivity contribution >= 4 is 23.6 Å².